The van der Waals surface area contributed by atoms with Crippen molar-refractivity contribution in [3.63, 3.8) is 0 Å². The normalized spacial score (nSPS) is 10.7. The van der Waals surface area contributed by atoms with Gasteiger partial charge in [-0.25, -0.2) is 8.91 Å². The number of aromatic nitrogens is 2. The van der Waals surface area contributed by atoms with E-state index >= 15 is 0 Å². The molecular weight excluding hydrogens is 231 g/mol. The van der Waals surface area contributed by atoms with Gasteiger partial charge in [-0.15, -0.1) is 0 Å². The minimum Gasteiger partial charge on any atom is -0.485 e. The Morgan fingerprint density at radius 2 is 2.00 bits per heavy atom. The summed E-state index contributed by atoms with van der Waals surface area (Å²) in [5.41, 5.74) is 1.69. The fourth-order valence-corrected chi connectivity index (χ4v) is 1.78. The Bertz CT molecular complexity index is 664. The lowest BCUT2D eigenvalue weighted by atomic mass is 10.2. The SMILES string of the molecule is Fc1ccn2ncc(OCc3ccccc3)c2c1. The number of halogens is 1. The van der Waals surface area contributed by atoms with Gasteiger partial charge in [-0.2, -0.15) is 5.10 Å². The highest BCUT2D eigenvalue weighted by Crippen LogP contribution is 2.20. The molecule has 0 unspecified atom stereocenters. The molecule has 90 valence electrons. The molecule has 3 rings (SSSR count). The van der Waals surface area contributed by atoms with Crippen molar-refractivity contribution < 1.29 is 9.13 Å². The van der Waals surface area contributed by atoms with Crippen molar-refractivity contribution in [2.24, 2.45) is 0 Å². The first-order valence-corrected chi connectivity index (χ1v) is 5.62. The summed E-state index contributed by atoms with van der Waals surface area (Å²) in [4.78, 5) is 0. The van der Waals surface area contributed by atoms with E-state index in [2.05, 4.69) is 5.10 Å². The van der Waals surface area contributed by atoms with Gasteiger partial charge in [0.1, 0.15) is 17.9 Å². The first-order valence-electron chi connectivity index (χ1n) is 5.62. The van der Waals surface area contributed by atoms with Crippen LogP contribution in [0, 0.1) is 5.82 Å². The molecule has 0 radical (unpaired) electrons. The quantitative estimate of drug-likeness (QED) is 0.705. The van der Waals surface area contributed by atoms with E-state index < -0.39 is 0 Å². The molecule has 0 amide bonds. The van der Waals surface area contributed by atoms with Crippen molar-refractivity contribution in [1.82, 2.24) is 9.61 Å². The predicted octanol–water partition coefficient (Wildman–Crippen LogP) is 3.05. The van der Waals surface area contributed by atoms with E-state index in [0.29, 0.717) is 17.9 Å². The summed E-state index contributed by atoms with van der Waals surface area (Å²) in [6.45, 7) is 0.443. The standard InChI is InChI=1S/C14H11FN2O/c15-12-6-7-17-13(8-12)14(9-16-17)18-10-11-4-2-1-3-5-11/h1-9H,10H2. The second-order valence-corrected chi connectivity index (χ2v) is 3.96. The molecule has 0 saturated heterocycles. The molecule has 0 saturated carbocycles. The van der Waals surface area contributed by atoms with E-state index in [1.165, 1.54) is 12.1 Å². The third-order valence-corrected chi connectivity index (χ3v) is 2.69. The summed E-state index contributed by atoms with van der Waals surface area (Å²) in [5, 5.41) is 4.10. The van der Waals surface area contributed by atoms with Gasteiger partial charge in [0, 0.05) is 12.3 Å². The summed E-state index contributed by atoms with van der Waals surface area (Å²) in [7, 11) is 0. The van der Waals surface area contributed by atoms with Crippen LogP contribution in [0.4, 0.5) is 4.39 Å². The first kappa shape index (κ1) is 10.8. The number of nitrogens with zero attached hydrogens (tertiary/aromatic N) is 2. The van der Waals surface area contributed by atoms with Crippen molar-refractivity contribution in [2.45, 2.75) is 6.61 Å². The Labute approximate surface area is 103 Å². The molecular formula is C14H11FN2O. The van der Waals surface area contributed by atoms with Gasteiger partial charge in [0.05, 0.1) is 6.20 Å². The Morgan fingerprint density at radius 3 is 2.83 bits per heavy atom. The molecule has 18 heavy (non-hydrogen) atoms. The van der Waals surface area contributed by atoms with Gasteiger partial charge in [-0.1, -0.05) is 30.3 Å². The summed E-state index contributed by atoms with van der Waals surface area (Å²) >= 11 is 0. The van der Waals surface area contributed by atoms with Gasteiger partial charge in [-0.3, -0.25) is 0 Å². The topological polar surface area (TPSA) is 26.5 Å². The predicted molar refractivity (Wildman–Crippen MR) is 65.9 cm³/mol. The molecule has 0 aliphatic carbocycles. The largest absolute Gasteiger partial charge is 0.485 e. The van der Waals surface area contributed by atoms with Gasteiger partial charge in [-0.05, 0) is 11.6 Å². The number of hydrogen-bond acceptors (Lipinski definition) is 2. The van der Waals surface area contributed by atoms with Crippen molar-refractivity contribution >= 4 is 5.52 Å². The number of rotatable bonds is 3. The van der Waals surface area contributed by atoms with Crippen LogP contribution < -0.4 is 4.74 Å². The van der Waals surface area contributed by atoms with Gasteiger partial charge >= 0.3 is 0 Å². The smallest absolute Gasteiger partial charge is 0.165 e. The highest BCUT2D eigenvalue weighted by Gasteiger charge is 2.06. The number of hydrogen-bond donors (Lipinski definition) is 0. The fraction of sp³-hybridized carbons (Fsp3) is 0.0714. The maximum absolute atomic E-state index is 13.2. The Hall–Kier alpha value is -2.36. The van der Waals surface area contributed by atoms with E-state index in [4.69, 9.17) is 4.74 Å². The summed E-state index contributed by atoms with van der Waals surface area (Å²) < 4.78 is 20.4. The summed E-state index contributed by atoms with van der Waals surface area (Å²) in [6, 6.07) is 12.6. The van der Waals surface area contributed by atoms with E-state index in [-0.39, 0.29) is 5.82 Å². The van der Waals surface area contributed by atoms with Crippen LogP contribution in [-0.4, -0.2) is 9.61 Å². The zero-order chi connectivity index (χ0) is 12.4. The molecule has 3 aromatic rings. The monoisotopic (exact) mass is 242 g/mol. The Kier molecular flexibility index (Phi) is 2.68. The molecule has 0 atom stereocenters. The van der Waals surface area contributed by atoms with Crippen LogP contribution in [0.2, 0.25) is 0 Å². The van der Waals surface area contributed by atoms with Crippen LogP contribution in [0.25, 0.3) is 5.52 Å². The fourth-order valence-electron chi connectivity index (χ4n) is 1.78. The molecule has 3 nitrogen and oxygen atoms in total. The van der Waals surface area contributed by atoms with Gasteiger partial charge in [0.2, 0.25) is 0 Å². The van der Waals surface area contributed by atoms with Crippen LogP contribution in [0.15, 0.2) is 54.9 Å². The van der Waals surface area contributed by atoms with E-state index in [0.717, 1.165) is 5.56 Å². The lowest BCUT2D eigenvalue weighted by molar-refractivity contribution is 0.309. The third-order valence-electron chi connectivity index (χ3n) is 2.69. The molecule has 2 heterocycles. The molecule has 4 heteroatoms. The molecule has 2 aromatic heterocycles. The van der Waals surface area contributed by atoms with Crippen LogP contribution in [0.3, 0.4) is 0 Å². The molecule has 0 fully saturated rings. The molecule has 0 aliphatic rings. The van der Waals surface area contributed by atoms with Crippen molar-refractivity contribution in [2.75, 3.05) is 0 Å². The minimum atomic E-state index is -0.299. The average molecular weight is 242 g/mol. The van der Waals surface area contributed by atoms with Crippen molar-refractivity contribution in [3.8, 4) is 5.75 Å². The Balaban J connectivity index is 1.85. The second kappa shape index (κ2) is 4.49. The summed E-state index contributed by atoms with van der Waals surface area (Å²) in [5.74, 6) is 0.283. The van der Waals surface area contributed by atoms with E-state index in [1.54, 1.807) is 16.9 Å². The highest BCUT2D eigenvalue weighted by atomic mass is 19.1. The van der Waals surface area contributed by atoms with E-state index in [9.17, 15) is 4.39 Å². The zero-order valence-electron chi connectivity index (χ0n) is 9.58. The number of ether oxygens (including phenoxy) is 1. The molecule has 1 aromatic carbocycles. The lowest BCUT2D eigenvalue weighted by Gasteiger charge is -2.04. The number of pyridine rings is 1. The van der Waals surface area contributed by atoms with E-state index in [1.807, 2.05) is 30.3 Å². The minimum absolute atomic E-state index is 0.299. The molecule has 0 spiro atoms. The van der Waals surface area contributed by atoms with Gasteiger partial charge in [0.25, 0.3) is 0 Å². The second-order valence-electron chi connectivity index (χ2n) is 3.96. The maximum Gasteiger partial charge on any atom is 0.165 e. The Morgan fingerprint density at radius 1 is 1.17 bits per heavy atom. The zero-order valence-corrected chi connectivity index (χ0v) is 9.58. The third kappa shape index (κ3) is 2.05. The van der Waals surface area contributed by atoms with Crippen molar-refractivity contribution in [3.05, 3.63) is 66.2 Å². The number of benzene rings is 1. The highest BCUT2D eigenvalue weighted by molar-refractivity contribution is 5.58. The lowest BCUT2D eigenvalue weighted by Crippen LogP contribution is -1.95. The number of fused-ring (bicyclic) bond motifs is 1. The average Bonchev–Trinajstić information content (AvgIpc) is 2.80. The van der Waals surface area contributed by atoms with Crippen molar-refractivity contribution in [1.29, 1.82) is 0 Å². The first-order chi connectivity index (χ1) is 8.83. The summed E-state index contributed by atoms with van der Waals surface area (Å²) in [6.07, 6.45) is 3.16. The maximum atomic E-state index is 13.2. The molecule has 0 aliphatic heterocycles. The van der Waals surface area contributed by atoms with Gasteiger partial charge in [0.15, 0.2) is 5.75 Å². The van der Waals surface area contributed by atoms with Gasteiger partial charge < -0.3 is 4.74 Å². The molecule has 0 N–H and O–H groups in total. The van der Waals surface area contributed by atoms with Crippen LogP contribution in [0.5, 0.6) is 5.75 Å². The van der Waals surface area contributed by atoms with Crippen LogP contribution in [0.1, 0.15) is 5.56 Å². The molecule has 0 bridgehead atoms. The van der Waals surface area contributed by atoms with Crippen LogP contribution >= 0.6 is 0 Å². The van der Waals surface area contributed by atoms with Crippen LogP contribution in [-0.2, 0) is 6.61 Å².